The maximum absolute atomic E-state index is 8.40. The van der Waals surface area contributed by atoms with E-state index >= 15 is 0 Å². The molecule has 3 nitrogen and oxygen atoms in total. The van der Waals surface area contributed by atoms with Crippen molar-refractivity contribution in [3.05, 3.63) is 0 Å². The molecular formula is C8H13N3. The van der Waals surface area contributed by atoms with Crippen LogP contribution in [0, 0.1) is 34.5 Å². The molecule has 1 N–H and O–H groups in total. The highest BCUT2D eigenvalue weighted by Crippen LogP contribution is 1.91. The molecule has 0 heterocycles. The quantitative estimate of drug-likeness (QED) is 0.649. The second kappa shape index (κ2) is 5.70. The Bertz CT molecular complexity index is 155. The fourth-order valence-electron chi connectivity index (χ4n) is 0.608. The molecule has 0 bridgehead atoms. The third-order valence-electron chi connectivity index (χ3n) is 1.34. The van der Waals surface area contributed by atoms with Gasteiger partial charge < -0.3 is 5.32 Å². The zero-order valence-electron chi connectivity index (χ0n) is 6.96. The first-order chi connectivity index (χ1) is 5.20. The predicted molar refractivity (Wildman–Crippen MR) is 42.4 cm³/mol. The molecule has 0 aliphatic carbocycles. The molecule has 0 aliphatic heterocycles. The van der Waals surface area contributed by atoms with Gasteiger partial charge >= 0.3 is 0 Å². The molecule has 2 unspecified atom stereocenters. The van der Waals surface area contributed by atoms with Gasteiger partial charge in [0.25, 0.3) is 0 Å². The molecule has 0 saturated carbocycles. The summed E-state index contributed by atoms with van der Waals surface area (Å²) in [5, 5.41) is 19.8. The molecule has 0 amide bonds. The van der Waals surface area contributed by atoms with Crippen molar-refractivity contribution >= 4 is 0 Å². The summed E-state index contributed by atoms with van der Waals surface area (Å²) in [5.74, 6) is 0.0572. The van der Waals surface area contributed by atoms with Crippen molar-refractivity contribution in [2.24, 2.45) is 11.8 Å². The first-order valence-corrected chi connectivity index (χ1v) is 3.70. The number of hydrogen-bond acceptors (Lipinski definition) is 3. The molecule has 0 aromatic rings. The number of nitrogens with zero attached hydrogens (tertiary/aromatic N) is 2. The van der Waals surface area contributed by atoms with E-state index in [0.29, 0.717) is 13.1 Å². The molecule has 0 spiro atoms. The number of nitriles is 2. The monoisotopic (exact) mass is 151 g/mol. The topological polar surface area (TPSA) is 59.6 Å². The SMILES string of the molecule is CC(C#N)CNCC(C)C#N. The van der Waals surface area contributed by atoms with Gasteiger partial charge in [-0.05, 0) is 13.8 Å². The smallest absolute Gasteiger partial charge is 0.0666 e. The third kappa shape index (κ3) is 5.39. The summed E-state index contributed by atoms with van der Waals surface area (Å²) in [6, 6.07) is 4.22. The lowest BCUT2D eigenvalue weighted by atomic mass is 10.2. The van der Waals surface area contributed by atoms with Gasteiger partial charge in [-0.2, -0.15) is 10.5 Å². The molecular weight excluding hydrogens is 138 g/mol. The van der Waals surface area contributed by atoms with E-state index < -0.39 is 0 Å². The van der Waals surface area contributed by atoms with Gasteiger partial charge in [0, 0.05) is 13.1 Å². The van der Waals surface area contributed by atoms with Gasteiger partial charge in [-0.1, -0.05) is 0 Å². The maximum Gasteiger partial charge on any atom is 0.0666 e. The zero-order chi connectivity index (χ0) is 8.69. The van der Waals surface area contributed by atoms with Crippen LogP contribution in [0.1, 0.15) is 13.8 Å². The summed E-state index contributed by atoms with van der Waals surface area (Å²) in [7, 11) is 0. The van der Waals surface area contributed by atoms with E-state index in [1.807, 2.05) is 13.8 Å². The molecule has 0 fully saturated rings. The maximum atomic E-state index is 8.40. The minimum atomic E-state index is 0.0286. The molecule has 0 aromatic carbocycles. The average Bonchev–Trinajstić information content (AvgIpc) is 2.04. The lowest BCUT2D eigenvalue weighted by Gasteiger charge is -2.05. The van der Waals surface area contributed by atoms with Crippen LogP contribution in [-0.4, -0.2) is 13.1 Å². The normalized spacial score (nSPS) is 14.5. The van der Waals surface area contributed by atoms with Gasteiger partial charge in [0.2, 0.25) is 0 Å². The summed E-state index contributed by atoms with van der Waals surface area (Å²) in [5.41, 5.74) is 0. The number of nitrogens with one attached hydrogen (secondary N) is 1. The lowest BCUT2D eigenvalue weighted by molar-refractivity contribution is 0.555. The van der Waals surface area contributed by atoms with Crippen LogP contribution in [-0.2, 0) is 0 Å². The Morgan fingerprint density at radius 2 is 1.45 bits per heavy atom. The van der Waals surface area contributed by atoms with Gasteiger partial charge in [-0.15, -0.1) is 0 Å². The van der Waals surface area contributed by atoms with E-state index in [0.717, 1.165) is 0 Å². The van der Waals surface area contributed by atoms with Crippen LogP contribution in [0.4, 0.5) is 0 Å². The van der Waals surface area contributed by atoms with E-state index in [4.69, 9.17) is 10.5 Å². The fraction of sp³-hybridized carbons (Fsp3) is 0.750. The molecule has 3 heteroatoms. The van der Waals surface area contributed by atoms with Gasteiger partial charge in [0.1, 0.15) is 0 Å². The molecule has 11 heavy (non-hydrogen) atoms. The third-order valence-corrected chi connectivity index (χ3v) is 1.34. The number of hydrogen-bond donors (Lipinski definition) is 1. The van der Waals surface area contributed by atoms with Crippen LogP contribution in [0.25, 0.3) is 0 Å². The van der Waals surface area contributed by atoms with Crippen molar-refractivity contribution < 1.29 is 0 Å². The van der Waals surface area contributed by atoms with Crippen LogP contribution < -0.4 is 5.32 Å². The molecule has 0 saturated heterocycles. The van der Waals surface area contributed by atoms with Gasteiger partial charge in [-0.25, -0.2) is 0 Å². The average molecular weight is 151 g/mol. The molecule has 60 valence electrons. The van der Waals surface area contributed by atoms with E-state index in [2.05, 4.69) is 17.5 Å². The van der Waals surface area contributed by atoms with E-state index in [9.17, 15) is 0 Å². The van der Waals surface area contributed by atoms with Crippen molar-refractivity contribution in [3.8, 4) is 12.1 Å². The second-order valence-electron chi connectivity index (χ2n) is 2.72. The molecule has 0 rings (SSSR count). The number of rotatable bonds is 4. The van der Waals surface area contributed by atoms with Crippen LogP contribution in [0.15, 0.2) is 0 Å². The van der Waals surface area contributed by atoms with Crippen molar-refractivity contribution in [1.82, 2.24) is 5.32 Å². The Kier molecular flexibility index (Phi) is 5.15. The highest BCUT2D eigenvalue weighted by Gasteiger charge is 2.00. The van der Waals surface area contributed by atoms with Gasteiger partial charge in [-0.3, -0.25) is 0 Å². The van der Waals surface area contributed by atoms with Crippen molar-refractivity contribution in [3.63, 3.8) is 0 Å². The van der Waals surface area contributed by atoms with Crippen LogP contribution in [0.3, 0.4) is 0 Å². The Hall–Kier alpha value is -1.06. The van der Waals surface area contributed by atoms with Gasteiger partial charge in [0.15, 0.2) is 0 Å². The predicted octanol–water partition coefficient (Wildman–Crippen LogP) is 0.895. The van der Waals surface area contributed by atoms with Crippen molar-refractivity contribution in [1.29, 1.82) is 10.5 Å². The standard InChI is InChI=1S/C8H13N3/c1-7(3-9)5-11-6-8(2)4-10/h7-8,11H,5-6H2,1-2H3. The lowest BCUT2D eigenvalue weighted by Crippen LogP contribution is -2.24. The first-order valence-electron chi connectivity index (χ1n) is 3.70. The molecule has 0 aliphatic rings. The largest absolute Gasteiger partial charge is 0.314 e. The minimum Gasteiger partial charge on any atom is -0.314 e. The Balaban J connectivity index is 3.30. The summed E-state index contributed by atoms with van der Waals surface area (Å²) in [6.45, 7) is 5.04. The minimum absolute atomic E-state index is 0.0286. The first kappa shape index (κ1) is 9.94. The van der Waals surface area contributed by atoms with Crippen molar-refractivity contribution in [2.45, 2.75) is 13.8 Å². The highest BCUT2D eigenvalue weighted by atomic mass is 14.9. The Labute approximate surface area is 67.6 Å². The van der Waals surface area contributed by atoms with Crippen LogP contribution in [0.5, 0.6) is 0 Å². The van der Waals surface area contributed by atoms with E-state index in [-0.39, 0.29) is 11.8 Å². The molecule has 0 radical (unpaired) electrons. The summed E-state index contributed by atoms with van der Waals surface area (Å²) >= 11 is 0. The Morgan fingerprint density at radius 3 is 1.73 bits per heavy atom. The second-order valence-corrected chi connectivity index (χ2v) is 2.72. The van der Waals surface area contributed by atoms with Crippen molar-refractivity contribution in [2.75, 3.05) is 13.1 Å². The summed E-state index contributed by atoms with van der Waals surface area (Å²) < 4.78 is 0. The van der Waals surface area contributed by atoms with Gasteiger partial charge in [0.05, 0.1) is 24.0 Å². The summed E-state index contributed by atoms with van der Waals surface area (Å²) in [6.07, 6.45) is 0. The van der Waals surface area contributed by atoms with Crippen LogP contribution >= 0.6 is 0 Å². The Morgan fingerprint density at radius 1 is 1.09 bits per heavy atom. The highest BCUT2D eigenvalue weighted by molar-refractivity contribution is 4.83. The summed E-state index contributed by atoms with van der Waals surface area (Å²) in [4.78, 5) is 0. The van der Waals surface area contributed by atoms with E-state index in [1.165, 1.54) is 0 Å². The molecule has 2 atom stereocenters. The zero-order valence-corrected chi connectivity index (χ0v) is 6.96. The fourth-order valence-corrected chi connectivity index (χ4v) is 0.608. The molecule has 0 aromatic heterocycles. The van der Waals surface area contributed by atoms with Crippen LogP contribution in [0.2, 0.25) is 0 Å². The van der Waals surface area contributed by atoms with E-state index in [1.54, 1.807) is 0 Å².